The summed E-state index contributed by atoms with van der Waals surface area (Å²) >= 11 is 1.38. The number of amides is 1. The van der Waals surface area contributed by atoms with Crippen LogP contribution in [0, 0.1) is 5.92 Å². The number of nitrogens with zero attached hydrogens (tertiary/aromatic N) is 4. The van der Waals surface area contributed by atoms with Crippen molar-refractivity contribution in [1.82, 2.24) is 24.8 Å². The molecule has 0 radical (unpaired) electrons. The number of nitrogens with one attached hydrogen (secondary N) is 1. The van der Waals surface area contributed by atoms with E-state index in [1.807, 2.05) is 19.4 Å². The third-order valence-electron chi connectivity index (χ3n) is 4.38. The minimum Gasteiger partial charge on any atom is -0.351 e. The van der Waals surface area contributed by atoms with Gasteiger partial charge in [-0.25, -0.2) is 4.98 Å². The largest absolute Gasteiger partial charge is 0.351 e. The summed E-state index contributed by atoms with van der Waals surface area (Å²) < 4.78 is 2.08. The molecule has 0 aliphatic carbocycles. The van der Waals surface area contributed by atoms with Crippen LogP contribution in [0.25, 0.3) is 0 Å². The van der Waals surface area contributed by atoms with E-state index in [1.165, 1.54) is 24.2 Å². The lowest BCUT2D eigenvalue weighted by atomic mass is 9.95. The first-order valence-corrected chi connectivity index (χ1v) is 8.95. The normalized spacial score (nSPS) is 18.9. The van der Waals surface area contributed by atoms with Gasteiger partial charge in [0.25, 0.3) is 5.91 Å². The minimum absolute atomic E-state index is 0.00632. The summed E-state index contributed by atoms with van der Waals surface area (Å²) in [4.78, 5) is 23.4. The SMILES string of the molecule is Cn1ccnc1CN1CCCC(CCNC(=O)c2cncs2)C1. The highest BCUT2D eigenvalue weighted by Crippen LogP contribution is 2.20. The van der Waals surface area contributed by atoms with Crippen LogP contribution in [0.1, 0.15) is 34.8 Å². The monoisotopic (exact) mass is 333 g/mol. The Morgan fingerprint density at radius 1 is 1.52 bits per heavy atom. The molecular formula is C16H23N5OS. The molecule has 1 fully saturated rings. The number of piperidine rings is 1. The molecule has 0 spiro atoms. The Hall–Kier alpha value is -1.73. The highest BCUT2D eigenvalue weighted by Gasteiger charge is 2.21. The Kier molecular flexibility index (Phi) is 5.40. The second-order valence-corrected chi connectivity index (χ2v) is 6.99. The van der Waals surface area contributed by atoms with Crippen molar-refractivity contribution >= 4 is 17.2 Å². The molecule has 1 aliphatic heterocycles. The number of hydrogen-bond acceptors (Lipinski definition) is 5. The van der Waals surface area contributed by atoms with E-state index in [1.54, 1.807) is 11.7 Å². The molecule has 7 heteroatoms. The second kappa shape index (κ2) is 7.70. The summed E-state index contributed by atoms with van der Waals surface area (Å²) in [6, 6.07) is 0. The fourth-order valence-electron chi connectivity index (χ4n) is 3.08. The van der Waals surface area contributed by atoms with Crippen molar-refractivity contribution in [1.29, 1.82) is 0 Å². The molecule has 1 N–H and O–H groups in total. The summed E-state index contributed by atoms with van der Waals surface area (Å²) in [5.41, 5.74) is 1.69. The molecule has 0 saturated carbocycles. The zero-order valence-corrected chi connectivity index (χ0v) is 14.3. The molecule has 3 rings (SSSR count). The van der Waals surface area contributed by atoms with E-state index >= 15 is 0 Å². The first-order chi connectivity index (χ1) is 11.2. The van der Waals surface area contributed by atoms with Crippen LogP contribution >= 0.6 is 11.3 Å². The van der Waals surface area contributed by atoms with E-state index < -0.39 is 0 Å². The number of likely N-dealkylation sites (tertiary alicyclic amines) is 1. The molecule has 3 heterocycles. The fraction of sp³-hybridized carbons (Fsp3) is 0.562. The number of carbonyl (C=O) groups excluding carboxylic acids is 1. The van der Waals surface area contributed by atoms with Gasteiger partial charge in [-0.15, -0.1) is 11.3 Å². The van der Waals surface area contributed by atoms with Gasteiger partial charge in [-0.1, -0.05) is 0 Å². The van der Waals surface area contributed by atoms with Gasteiger partial charge in [-0.3, -0.25) is 14.7 Å². The predicted molar refractivity (Wildman–Crippen MR) is 90.3 cm³/mol. The van der Waals surface area contributed by atoms with Gasteiger partial charge in [-0.05, 0) is 31.7 Å². The topological polar surface area (TPSA) is 63.1 Å². The van der Waals surface area contributed by atoms with Crippen molar-refractivity contribution in [3.63, 3.8) is 0 Å². The average Bonchev–Trinajstić information content (AvgIpc) is 3.20. The van der Waals surface area contributed by atoms with Crippen LogP contribution in [0.4, 0.5) is 0 Å². The average molecular weight is 333 g/mol. The van der Waals surface area contributed by atoms with E-state index in [0.717, 1.165) is 38.4 Å². The van der Waals surface area contributed by atoms with Gasteiger partial charge in [0.05, 0.1) is 18.3 Å². The molecule has 2 aromatic heterocycles. The van der Waals surface area contributed by atoms with Crippen molar-refractivity contribution in [2.45, 2.75) is 25.8 Å². The maximum absolute atomic E-state index is 11.9. The maximum Gasteiger partial charge on any atom is 0.262 e. The van der Waals surface area contributed by atoms with Gasteiger partial charge in [-0.2, -0.15) is 0 Å². The Bertz CT molecular complexity index is 624. The number of thiazole rings is 1. The van der Waals surface area contributed by atoms with Gasteiger partial charge >= 0.3 is 0 Å². The Morgan fingerprint density at radius 3 is 3.17 bits per heavy atom. The third kappa shape index (κ3) is 4.39. The number of aryl methyl sites for hydroxylation is 1. The first-order valence-electron chi connectivity index (χ1n) is 8.07. The van der Waals surface area contributed by atoms with Crippen molar-refractivity contribution < 1.29 is 4.79 Å². The summed E-state index contributed by atoms with van der Waals surface area (Å²) in [5.74, 6) is 1.75. The number of carbonyl (C=O) groups is 1. The summed E-state index contributed by atoms with van der Waals surface area (Å²) in [6.45, 7) is 3.87. The van der Waals surface area contributed by atoms with Gasteiger partial charge in [0.1, 0.15) is 10.7 Å². The number of imidazole rings is 1. The van der Waals surface area contributed by atoms with Crippen LogP contribution in [0.2, 0.25) is 0 Å². The predicted octanol–water partition coefficient (Wildman–Crippen LogP) is 1.91. The molecule has 1 amide bonds. The van der Waals surface area contributed by atoms with Crippen LogP contribution in [0.15, 0.2) is 24.1 Å². The molecular weight excluding hydrogens is 310 g/mol. The van der Waals surface area contributed by atoms with E-state index in [2.05, 4.69) is 24.8 Å². The van der Waals surface area contributed by atoms with Crippen molar-refractivity contribution in [2.75, 3.05) is 19.6 Å². The third-order valence-corrected chi connectivity index (χ3v) is 5.16. The highest BCUT2D eigenvalue weighted by atomic mass is 32.1. The van der Waals surface area contributed by atoms with Crippen LogP contribution < -0.4 is 5.32 Å². The van der Waals surface area contributed by atoms with E-state index in [4.69, 9.17) is 0 Å². The molecule has 124 valence electrons. The van der Waals surface area contributed by atoms with Crippen molar-refractivity contribution in [3.05, 3.63) is 34.8 Å². The van der Waals surface area contributed by atoms with E-state index in [9.17, 15) is 4.79 Å². The van der Waals surface area contributed by atoms with Gasteiger partial charge in [0.15, 0.2) is 0 Å². The van der Waals surface area contributed by atoms with Gasteiger partial charge < -0.3 is 9.88 Å². The standard InChI is InChI=1S/C16H23N5OS/c1-20-8-6-18-15(20)11-21-7-2-3-13(10-21)4-5-19-16(22)14-9-17-12-23-14/h6,8-9,12-13H,2-5,7,10-11H2,1H3,(H,19,22). The molecule has 1 aliphatic rings. The minimum atomic E-state index is -0.00632. The quantitative estimate of drug-likeness (QED) is 0.877. The summed E-state index contributed by atoms with van der Waals surface area (Å²) in [7, 11) is 2.04. The Morgan fingerprint density at radius 2 is 2.43 bits per heavy atom. The molecule has 1 saturated heterocycles. The highest BCUT2D eigenvalue weighted by molar-refractivity contribution is 7.11. The first kappa shape index (κ1) is 16.1. The summed E-state index contributed by atoms with van der Waals surface area (Å²) in [6.07, 6.45) is 8.96. The molecule has 23 heavy (non-hydrogen) atoms. The van der Waals surface area contributed by atoms with Crippen LogP contribution in [-0.4, -0.2) is 45.0 Å². The van der Waals surface area contributed by atoms with Crippen LogP contribution in [-0.2, 0) is 13.6 Å². The van der Waals surface area contributed by atoms with E-state index in [-0.39, 0.29) is 5.91 Å². The number of aromatic nitrogens is 3. The Labute approximate surface area is 140 Å². The van der Waals surface area contributed by atoms with E-state index in [0.29, 0.717) is 10.8 Å². The summed E-state index contributed by atoms with van der Waals surface area (Å²) in [5, 5.41) is 3.00. The van der Waals surface area contributed by atoms with Gasteiger partial charge in [0, 0.05) is 32.5 Å². The van der Waals surface area contributed by atoms with Crippen LogP contribution in [0.5, 0.6) is 0 Å². The zero-order chi connectivity index (χ0) is 16.1. The number of hydrogen-bond donors (Lipinski definition) is 1. The van der Waals surface area contributed by atoms with Crippen molar-refractivity contribution in [2.24, 2.45) is 13.0 Å². The lowest BCUT2D eigenvalue weighted by molar-refractivity contribution is 0.0950. The molecule has 0 aromatic carbocycles. The zero-order valence-electron chi connectivity index (χ0n) is 13.4. The molecule has 0 bridgehead atoms. The number of rotatable bonds is 6. The van der Waals surface area contributed by atoms with Gasteiger partial charge in [0.2, 0.25) is 0 Å². The smallest absolute Gasteiger partial charge is 0.262 e. The van der Waals surface area contributed by atoms with Crippen molar-refractivity contribution in [3.8, 4) is 0 Å². The Balaban J connectivity index is 1.42. The molecule has 1 unspecified atom stereocenters. The second-order valence-electron chi connectivity index (χ2n) is 6.11. The van der Waals surface area contributed by atoms with Crippen LogP contribution in [0.3, 0.4) is 0 Å². The fourth-order valence-corrected chi connectivity index (χ4v) is 3.62. The molecule has 2 aromatic rings. The lowest BCUT2D eigenvalue weighted by Crippen LogP contribution is -2.37. The lowest BCUT2D eigenvalue weighted by Gasteiger charge is -2.32. The maximum atomic E-state index is 11.9. The molecule has 1 atom stereocenters. The molecule has 6 nitrogen and oxygen atoms in total.